The van der Waals surface area contributed by atoms with Gasteiger partial charge in [0.2, 0.25) is 5.95 Å². The highest BCUT2D eigenvalue weighted by Gasteiger charge is 2.15. The van der Waals surface area contributed by atoms with Crippen molar-refractivity contribution in [3.05, 3.63) is 34.3 Å². The van der Waals surface area contributed by atoms with E-state index < -0.39 is 12.2 Å². The lowest BCUT2D eigenvalue weighted by Crippen LogP contribution is -2.17. The standard InChI is InChI=1S/C7H9N5O.C5H8O2/c8-1-3-2-10-5-4(3)6(13)12-7(9)11-5;6-4-2-1-3-5(4)7/h2H,1,8H2,(H4,9,10,11,12,13);1-2,4-7H,3H2. The number of nitrogens with one attached hydrogen (secondary N) is 2. The van der Waals surface area contributed by atoms with Crippen LogP contribution in [0, 0.1) is 0 Å². The van der Waals surface area contributed by atoms with Gasteiger partial charge in [-0.15, -0.1) is 0 Å². The maximum Gasteiger partial charge on any atom is 0.262 e. The third-order valence-corrected chi connectivity index (χ3v) is 2.97. The van der Waals surface area contributed by atoms with Crippen molar-refractivity contribution < 1.29 is 10.2 Å². The van der Waals surface area contributed by atoms with Crippen LogP contribution in [0.4, 0.5) is 5.95 Å². The van der Waals surface area contributed by atoms with Gasteiger partial charge in [0.05, 0.1) is 17.6 Å². The molecule has 8 N–H and O–H groups in total. The van der Waals surface area contributed by atoms with Crippen molar-refractivity contribution in [1.29, 1.82) is 0 Å². The fourth-order valence-corrected chi connectivity index (χ4v) is 1.91. The zero-order valence-corrected chi connectivity index (χ0v) is 10.7. The van der Waals surface area contributed by atoms with Crippen LogP contribution in [0.15, 0.2) is 23.1 Å². The number of aliphatic hydroxyl groups excluding tert-OH is 2. The van der Waals surface area contributed by atoms with Crippen LogP contribution >= 0.6 is 0 Å². The number of aromatic amines is 2. The summed E-state index contributed by atoms with van der Waals surface area (Å²) in [4.78, 5) is 20.5. The van der Waals surface area contributed by atoms with Crippen LogP contribution in [0.2, 0.25) is 0 Å². The van der Waals surface area contributed by atoms with Crippen LogP contribution in [0.25, 0.3) is 11.0 Å². The molecule has 0 spiro atoms. The topological polar surface area (TPSA) is 154 Å². The number of aliphatic hydroxyl groups is 2. The molecule has 2 unspecified atom stereocenters. The zero-order chi connectivity index (χ0) is 14.7. The Morgan fingerprint density at radius 3 is 2.70 bits per heavy atom. The third-order valence-electron chi connectivity index (χ3n) is 2.97. The summed E-state index contributed by atoms with van der Waals surface area (Å²) in [7, 11) is 0. The van der Waals surface area contributed by atoms with Crippen molar-refractivity contribution in [3.63, 3.8) is 0 Å². The van der Waals surface area contributed by atoms with Crippen molar-refractivity contribution in [1.82, 2.24) is 15.0 Å². The van der Waals surface area contributed by atoms with Crippen molar-refractivity contribution in [2.24, 2.45) is 5.73 Å². The Morgan fingerprint density at radius 1 is 1.45 bits per heavy atom. The van der Waals surface area contributed by atoms with Crippen LogP contribution < -0.4 is 17.0 Å². The molecule has 0 radical (unpaired) electrons. The second-order valence-corrected chi connectivity index (χ2v) is 4.41. The first-order valence-corrected chi connectivity index (χ1v) is 6.11. The molecule has 0 amide bonds. The predicted octanol–water partition coefficient (Wildman–Crippen LogP) is -1.04. The summed E-state index contributed by atoms with van der Waals surface area (Å²) in [6.07, 6.45) is 4.48. The SMILES string of the molecule is NCc1c[nH]c2nc(N)[nH]c(=O)c12.OC1C=CCC1O. The summed E-state index contributed by atoms with van der Waals surface area (Å²) in [5, 5.41) is 17.8. The van der Waals surface area contributed by atoms with E-state index >= 15 is 0 Å². The fourth-order valence-electron chi connectivity index (χ4n) is 1.91. The average molecular weight is 279 g/mol. The van der Waals surface area contributed by atoms with E-state index in [0.29, 0.717) is 24.0 Å². The van der Waals surface area contributed by atoms with Gasteiger partial charge >= 0.3 is 0 Å². The Hall–Kier alpha value is -2.16. The van der Waals surface area contributed by atoms with Crippen molar-refractivity contribution in [3.8, 4) is 0 Å². The van der Waals surface area contributed by atoms with E-state index in [0.717, 1.165) is 5.56 Å². The van der Waals surface area contributed by atoms with Gasteiger partial charge in [-0.2, -0.15) is 4.98 Å². The normalized spacial score (nSPS) is 20.9. The number of fused-ring (bicyclic) bond motifs is 1. The molecule has 0 fully saturated rings. The minimum atomic E-state index is -0.611. The monoisotopic (exact) mass is 279 g/mol. The van der Waals surface area contributed by atoms with E-state index in [1.807, 2.05) is 0 Å². The molecule has 2 atom stereocenters. The highest BCUT2D eigenvalue weighted by atomic mass is 16.3. The minimum Gasteiger partial charge on any atom is -0.390 e. The van der Waals surface area contributed by atoms with E-state index in [1.54, 1.807) is 18.3 Å². The molecule has 20 heavy (non-hydrogen) atoms. The highest BCUT2D eigenvalue weighted by Crippen LogP contribution is 2.11. The van der Waals surface area contributed by atoms with Gasteiger partial charge in [0, 0.05) is 12.7 Å². The highest BCUT2D eigenvalue weighted by molar-refractivity contribution is 5.79. The van der Waals surface area contributed by atoms with E-state index in [4.69, 9.17) is 21.7 Å². The predicted molar refractivity (Wildman–Crippen MR) is 74.8 cm³/mol. The first kappa shape index (κ1) is 14.3. The van der Waals surface area contributed by atoms with Crippen molar-refractivity contribution in [2.45, 2.75) is 25.2 Å². The largest absolute Gasteiger partial charge is 0.390 e. The first-order valence-electron chi connectivity index (χ1n) is 6.11. The molecule has 2 heterocycles. The molecule has 0 saturated heterocycles. The summed E-state index contributed by atoms with van der Waals surface area (Å²) in [5.41, 5.74) is 11.7. The Balaban J connectivity index is 0.000000178. The van der Waals surface area contributed by atoms with E-state index in [2.05, 4.69) is 15.0 Å². The summed E-state index contributed by atoms with van der Waals surface area (Å²) >= 11 is 0. The van der Waals surface area contributed by atoms with Crippen LogP contribution in [-0.4, -0.2) is 37.4 Å². The molecule has 1 aliphatic carbocycles. The molecule has 8 nitrogen and oxygen atoms in total. The molecular formula is C12H17N5O3. The van der Waals surface area contributed by atoms with E-state index in [-0.39, 0.29) is 11.5 Å². The molecule has 0 aromatic carbocycles. The number of nitrogens with zero attached hydrogens (tertiary/aromatic N) is 1. The number of aromatic nitrogens is 3. The molecule has 108 valence electrons. The summed E-state index contributed by atoms with van der Waals surface area (Å²) < 4.78 is 0. The molecule has 8 heteroatoms. The van der Waals surface area contributed by atoms with Crippen molar-refractivity contribution >= 4 is 17.0 Å². The third kappa shape index (κ3) is 2.87. The van der Waals surface area contributed by atoms with Crippen LogP contribution in [-0.2, 0) is 6.54 Å². The minimum absolute atomic E-state index is 0.0999. The van der Waals surface area contributed by atoms with Gasteiger partial charge in [-0.1, -0.05) is 12.2 Å². The van der Waals surface area contributed by atoms with E-state index in [9.17, 15) is 4.79 Å². The molecule has 0 aliphatic heterocycles. The molecule has 2 aromatic heterocycles. The lowest BCUT2D eigenvalue weighted by molar-refractivity contribution is 0.0611. The Morgan fingerprint density at radius 2 is 2.20 bits per heavy atom. The smallest absolute Gasteiger partial charge is 0.262 e. The van der Waals surface area contributed by atoms with Gasteiger partial charge in [-0.05, 0) is 12.0 Å². The Bertz CT molecular complexity index is 675. The maximum absolute atomic E-state index is 11.4. The van der Waals surface area contributed by atoms with Crippen LogP contribution in [0.5, 0.6) is 0 Å². The molecular weight excluding hydrogens is 262 g/mol. The van der Waals surface area contributed by atoms with Crippen molar-refractivity contribution in [2.75, 3.05) is 5.73 Å². The van der Waals surface area contributed by atoms with Crippen LogP contribution in [0.3, 0.4) is 0 Å². The molecule has 3 rings (SSSR count). The van der Waals surface area contributed by atoms with Gasteiger partial charge in [0.1, 0.15) is 5.65 Å². The summed E-state index contributed by atoms with van der Waals surface area (Å²) in [6, 6.07) is 0. The fraction of sp³-hybridized carbons (Fsp3) is 0.333. The Labute approximate surface area is 114 Å². The quantitative estimate of drug-likeness (QED) is 0.366. The average Bonchev–Trinajstić information content (AvgIpc) is 2.97. The zero-order valence-electron chi connectivity index (χ0n) is 10.7. The maximum atomic E-state index is 11.4. The molecule has 2 aromatic rings. The van der Waals surface area contributed by atoms with Gasteiger partial charge in [0.25, 0.3) is 5.56 Å². The number of H-pyrrole nitrogens is 2. The number of nitrogens with two attached hydrogens (primary N) is 2. The van der Waals surface area contributed by atoms with Gasteiger partial charge in [0.15, 0.2) is 0 Å². The van der Waals surface area contributed by atoms with Gasteiger partial charge in [-0.3, -0.25) is 9.78 Å². The second kappa shape index (κ2) is 5.87. The number of hydrogen-bond donors (Lipinski definition) is 6. The number of nitrogen functional groups attached to an aromatic ring is 1. The summed E-state index contributed by atoms with van der Waals surface area (Å²) in [6.45, 7) is 0.300. The van der Waals surface area contributed by atoms with E-state index in [1.165, 1.54) is 0 Å². The lowest BCUT2D eigenvalue weighted by Gasteiger charge is -2.03. The number of hydrogen-bond acceptors (Lipinski definition) is 6. The Kier molecular flexibility index (Phi) is 4.18. The lowest BCUT2D eigenvalue weighted by atomic mass is 10.2. The molecule has 0 bridgehead atoms. The van der Waals surface area contributed by atoms with Gasteiger partial charge < -0.3 is 26.7 Å². The second-order valence-electron chi connectivity index (χ2n) is 4.41. The molecule has 0 saturated carbocycles. The number of rotatable bonds is 1. The molecule has 1 aliphatic rings. The van der Waals surface area contributed by atoms with Crippen LogP contribution in [0.1, 0.15) is 12.0 Å². The first-order chi connectivity index (χ1) is 9.52. The number of anilines is 1. The van der Waals surface area contributed by atoms with Gasteiger partial charge in [-0.25, -0.2) is 0 Å². The summed E-state index contributed by atoms with van der Waals surface area (Å²) in [5.74, 6) is 0.0999.